The van der Waals surface area contributed by atoms with Gasteiger partial charge >= 0.3 is 0 Å². The molecule has 1 fully saturated rings. The summed E-state index contributed by atoms with van der Waals surface area (Å²) in [4.78, 5) is 14.3. The SMILES string of the molecule is O=C(C1=C=CC1)N1C[C@@H]2C[C@H]1c1ccccc1O2. The van der Waals surface area contributed by atoms with Crippen LogP contribution < -0.4 is 4.74 Å². The smallest absolute Gasteiger partial charge is 0.258 e. The largest absolute Gasteiger partial charge is 0.488 e. The van der Waals surface area contributed by atoms with Crippen molar-refractivity contribution in [2.75, 3.05) is 6.54 Å². The van der Waals surface area contributed by atoms with Crippen LogP contribution in [0.5, 0.6) is 5.75 Å². The molecule has 2 aliphatic heterocycles. The van der Waals surface area contributed by atoms with Gasteiger partial charge in [-0.2, -0.15) is 0 Å². The Morgan fingerprint density at radius 2 is 2.22 bits per heavy atom. The van der Waals surface area contributed by atoms with Gasteiger partial charge in [-0.05, 0) is 12.1 Å². The summed E-state index contributed by atoms with van der Waals surface area (Å²) >= 11 is 0. The van der Waals surface area contributed by atoms with Crippen molar-refractivity contribution in [3.05, 3.63) is 47.2 Å². The van der Waals surface area contributed by atoms with Crippen molar-refractivity contribution in [3.8, 4) is 5.75 Å². The summed E-state index contributed by atoms with van der Waals surface area (Å²) in [6, 6.07) is 8.22. The minimum atomic E-state index is 0.130. The molecule has 3 nitrogen and oxygen atoms in total. The van der Waals surface area contributed by atoms with E-state index in [0.717, 1.165) is 29.7 Å². The first kappa shape index (κ1) is 9.98. The van der Waals surface area contributed by atoms with Gasteiger partial charge in [-0.25, -0.2) is 0 Å². The highest BCUT2D eigenvalue weighted by atomic mass is 16.5. The summed E-state index contributed by atoms with van der Waals surface area (Å²) < 4.78 is 5.90. The number of likely N-dealkylation sites (tertiary alicyclic amines) is 1. The fourth-order valence-corrected chi connectivity index (χ4v) is 2.97. The second kappa shape index (κ2) is 3.50. The number of amides is 1. The van der Waals surface area contributed by atoms with E-state index in [1.807, 2.05) is 29.2 Å². The number of nitrogens with zero attached hydrogens (tertiary/aromatic N) is 1. The molecule has 3 aliphatic rings. The summed E-state index contributed by atoms with van der Waals surface area (Å²) in [6.07, 6.45) is 3.73. The Bertz CT molecular complexity index is 598. The van der Waals surface area contributed by atoms with Gasteiger partial charge in [-0.15, -0.1) is 5.73 Å². The molecule has 18 heavy (non-hydrogen) atoms. The number of hydrogen-bond acceptors (Lipinski definition) is 2. The average molecular weight is 239 g/mol. The van der Waals surface area contributed by atoms with Gasteiger partial charge in [0, 0.05) is 18.4 Å². The first-order valence-electron chi connectivity index (χ1n) is 6.33. The molecule has 1 saturated heterocycles. The number of hydrogen-bond donors (Lipinski definition) is 0. The van der Waals surface area contributed by atoms with Crippen molar-refractivity contribution in [2.24, 2.45) is 0 Å². The number of para-hydroxylation sites is 1. The number of ether oxygens (including phenoxy) is 1. The fraction of sp³-hybridized carbons (Fsp3) is 0.333. The Morgan fingerprint density at radius 3 is 3.00 bits per heavy atom. The maximum absolute atomic E-state index is 12.3. The molecule has 1 aromatic rings. The Morgan fingerprint density at radius 1 is 1.39 bits per heavy atom. The first-order chi connectivity index (χ1) is 8.83. The standard InChI is InChI=1S/C15H13NO2/c17-15(10-4-3-5-10)16-9-11-8-13(16)12-6-1-2-7-14(12)18-11/h1-3,6-7,11,13H,4,8-9H2/t11-,13-/m0/s1. The van der Waals surface area contributed by atoms with Gasteiger partial charge in [0.1, 0.15) is 11.9 Å². The molecule has 0 radical (unpaired) electrons. The predicted molar refractivity (Wildman–Crippen MR) is 66.1 cm³/mol. The lowest BCUT2D eigenvalue weighted by molar-refractivity contribution is -0.128. The highest BCUT2D eigenvalue weighted by molar-refractivity contribution is 5.95. The van der Waals surface area contributed by atoms with E-state index in [0.29, 0.717) is 6.54 Å². The van der Waals surface area contributed by atoms with Crippen LogP contribution in [0.15, 0.2) is 41.6 Å². The first-order valence-corrected chi connectivity index (χ1v) is 6.33. The molecule has 90 valence electrons. The van der Waals surface area contributed by atoms with E-state index in [-0.39, 0.29) is 18.1 Å². The van der Waals surface area contributed by atoms with Gasteiger partial charge < -0.3 is 9.64 Å². The van der Waals surface area contributed by atoms with Crippen LogP contribution >= 0.6 is 0 Å². The maximum Gasteiger partial charge on any atom is 0.258 e. The van der Waals surface area contributed by atoms with Crippen LogP contribution in [0.2, 0.25) is 0 Å². The predicted octanol–water partition coefficient (Wildman–Crippen LogP) is 2.21. The van der Waals surface area contributed by atoms with Crippen LogP contribution in [0.4, 0.5) is 0 Å². The zero-order valence-electron chi connectivity index (χ0n) is 9.93. The molecule has 0 spiro atoms. The molecule has 2 bridgehead atoms. The topological polar surface area (TPSA) is 29.5 Å². The van der Waals surface area contributed by atoms with Crippen LogP contribution in [0, 0.1) is 0 Å². The van der Waals surface area contributed by atoms with Crippen molar-refractivity contribution in [2.45, 2.75) is 25.0 Å². The molecule has 0 saturated carbocycles. The van der Waals surface area contributed by atoms with E-state index in [4.69, 9.17) is 4.74 Å². The van der Waals surface area contributed by atoms with Crippen LogP contribution in [0.3, 0.4) is 0 Å². The molecular weight excluding hydrogens is 226 g/mol. The maximum atomic E-state index is 12.3. The zero-order valence-corrected chi connectivity index (χ0v) is 9.93. The number of fused-ring (bicyclic) bond motifs is 4. The Kier molecular flexibility index (Phi) is 1.94. The van der Waals surface area contributed by atoms with Crippen molar-refractivity contribution < 1.29 is 9.53 Å². The molecule has 1 amide bonds. The number of rotatable bonds is 1. The van der Waals surface area contributed by atoms with Crippen LogP contribution in [0.25, 0.3) is 0 Å². The van der Waals surface area contributed by atoms with Gasteiger partial charge in [-0.3, -0.25) is 4.79 Å². The third-order valence-electron chi connectivity index (χ3n) is 3.94. The molecular formula is C15H13NO2. The summed E-state index contributed by atoms with van der Waals surface area (Å²) in [5.41, 5.74) is 4.93. The number of benzene rings is 1. The van der Waals surface area contributed by atoms with E-state index in [1.165, 1.54) is 0 Å². The third kappa shape index (κ3) is 1.28. The number of carbonyl (C=O) groups excluding carboxylic acids is 1. The van der Waals surface area contributed by atoms with E-state index < -0.39 is 0 Å². The Hall–Kier alpha value is -1.99. The molecule has 1 aromatic carbocycles. The average Bonchev–Trinajstić information content (AvgIpc) is 2.66. The molecule has 3 heteroatoms. The summed E-state index contributed by atoms with van der Waals surface area (Å²) in [7, 11) is 0. The van der Waals surface area contributed by atoms with Crippen LogP contribution in [-0.2, 0) is 4.79 Å². The highest BCUT2D eigenvalue weighted by Crippen LogP contribution is 2.43. The zero-order chi connectivity index (χ0) is 12.1. The van der Waals surface area contributed by atoms with Gasteiger partial charge in [0.25, 0.3) is 5.91 Å². The third-order valence-corrected chi connectivity index (χ3v) is 3.94. The summed E-state index contributed by atoms with van der Waals surface area (Å²) in [5, 5.41) is 0. The second-order valence-corrected chi connectivity index (χ2v) is 5.02. The van der Waals surface area contributed by atoms with Gasteiger partial charge in [-0.1, -0.05) is 18.2 Å². The second-order valence-electron chi connectivity index (χ2n) is 5.02. The van der Waals surface area contributed by atoms with Crippen molar-refractivity contribution in [1.29, 1.82) is 0 Å². The van der Waals surface area contributed by atoms with E-state index >= 15 is 0 Å². The lowest BCUT2D eigenvalue weighted by Crippen LogP contribution is -2.32. The van der Waals surface area contributed by atoms with Crippen molar-refractivity contribution in [1.82, 2.24) is 4.90 Å². The lowest BCUT2D eigenvalue weighted by atomic mass is 9.99. The Balaban J connectivity index is 1.73. The fourth-order valence-electron chi connectivity index (χ4n) is 2.97. The van der Waals surface area contributed by atoms with Gasteiger partial charge in [0.2, 0.25) is 0 Å². The molecule has 4 rings (SSSR count). The number of carbonyl (C=O) groups is 1. The molecule has 2 heterocycles. The molecule has 0 unspecified atom stereocenters. The normalized spacial score (nSPS) is 27.1. The quantitative estimate of drug-likeness (QED) is 0.703. The van der Waals surface area contributed by atoms with Gasteiger partial charge in [0.15, 0.2) is 0 Å². The minimum Gasteiger partial charge on any atom is -0.488 e. The molecule has 1 aliphatic carbocycles. The summed E-state index contributed by atoms with van der Waals surface area (Å²) in [5.74, 6) is 1.07. The van der Waals surface area contributed by atoms with E-state index in [1.54, 1.807) is 0 Å². The van der Waals surface area contributed by atoms with E-state index in [9.17, 15) is 4.79 Å². The van der Waals surface area contributed by atoms with E-state index in [2.05, 4.69) is 11.8 Å². The van der Waals surface area contributed by atoms with Gasteiger partial charge in [0.05, 0.1) is 18.2 Å². The summed E-state index contributed by atoms with van der Waals surface area (Å²) in [6.45, 7) is 0.698. The Labute approximate surface area is 105 Å². The highest BCUT2D eigenvalue weighted by Gasteiger charge is 2.42. The van der Waals surface area contributed by atoms with Crippen molar-refractivity contribution in [3.63, 3.8) is 0 Å². The minimum absolute atomic E-state index is 0.130. The molecule has 0 aromatic heterocycles. The monoisotopic (exact) mass is 239 g/mol. The van der Waals surface area contributed by atoms with Crippen LogP contribution in [-0.4, -0.2) is 23.5 Å². The molecule has 2 atom stereocenters. The lowest BCUT2D eigenvalue weighted by Gasteiger charge is -2.27. The molecule has 0 N–H and O–H groups in total. The van der Waals surface area contributed by atoms with Crippen molar-refractivity contribution >= 4 is 5.91 Å². The van der Waals surface area contributed by atoms with Crippen LogP contribution in [0.1, 0.15) is 24.4 Å².